The Bertz CT molecular complexity index is 646. The van der Waals surface area contributed by atoms with Crippen molar-refractivity contribution in [2.75, 3.05) is 0 Å². The maximum absolute atomic E-state index is 12.8. The van der Waals surface area contributed by atoms with E-state index in [1.165, 1.54) is 24.3 Å². The van der Waals surface area contributed by atoms with Crippen molar-refractivity contribution >= 4 is 21.7 Å². The molecule has 0 aliphatic carbocycles. The Morgan fingerprint density at radius 1 is 1.16 bits per heavy atom. The first kappa shape index (κ1) is 13.4. The summed E-state index contributed by atoms with van der Waals surface area (Å²) < 4.78 is 13.5. The van der Waals surface area contributed by atoms with Gasteiger partial charge in [0.15, 0.2) is 5.78 Å². The molecule has 2 aromatic carbocycles. The number of halogens is 2. The molecule has 0 aromatic heterocycles. The molecule has 2 nitrogen and oxygen atoms in total. The second kappa shape index (κ2) is 5.77. The SMILES string of the molecule is N#CC(C(=O)c1ccc(F)cc1)c1ccccc1Br. The van der Waals surface area contributed by atoms with E-state index in [2.05, 4.69) is 15.9 Å². The first-order chi connectivity index (χ1) is 9.13. The summed E-state index contributed by atoms with van der Waals surface area (Å²) in [6, 6.07) is 14.3. The van der Waals surface area contributed by atoms with Gasteiger partial charge in [0.25, 0.3) is 0 Å². The highest BCUT2D eigenvalue weighted by molar-refractivity contribution is 9.10. The fraction of sp³-hybridized carbons (Fsp3) is 0.0667. The summed E-state index contributed by atoms with van der Waals surface area (Å²) in [5.41, 5.74) is 0.933. The maximum Gasteiger partial charge on any atom is 0.184 e. The van der Waals surface area contributed by atoms with E-state index >= 15 is 0 Å². The molecule has 0 saturated heterocycles. The molecule has 0 heterocycles. The Morgan fingerprint density at radius 2 is 1.79 bits per heavy atom. The molecule has 0 saturated carbocycles. The van der Waals surface area contributed by atoms with Gasteiger partial charge in [-0.3, -0.25) is 4.79 Å². The minimum absolute atomic E-state index is 0.323. The second-order valence-corrected chi connectivity index (χ2v) is 4.81. The normalized spacial score (nSPS) is 11.6. The van der Waals surface area contributed by atoms with Crippen LogP contribution in [0, 0.1) is 17.1 Å². The number of nitriles is 1. The van der Waals surface area contributed by atoms with Gasteiger partial charge >= 0.3 is 0 Å². The first-order valence-electron chi connectivity index (χ1n) is 5.57. The van der Waals surface area contributed by atoms with Crippen LogP contribution in [0.2, 0.25) is 0 Å². The number of hydrogen-bond donors (Lipinski definition) is 0. The fourth-order valence-electron chi connectivity index (χ4n) is 1.76. The van der Waals surface area contributed by atoms with Crippen LogP contribution in [-0.4, -0.2) is 5.78 Å². The average molecular weight is 318 g/mol. The van der Waals surface area contributed by atoms with Crippen LogP contribution in [0.1, 0.15) is 21.8 Å². The van der Waals surface area contributed by atoms with Crippen molar-refractivity contribution in [2.24, 2.45) is 0 Å². The van der Waals surface area contributed by atoms with Crippen molar-refractivity contribution in [1.82, 2.24) is 0 Å². The molecular weight excluding hydrogens is 309 g/mol. The smallest absolute Gasteiger partial charge is 0.184 e. The summed E-state index contributed by atoms with van der Waals surface area (Å²) in [6.45, 7) is 0. The highest BCUT2D eigenvalue weighted by Crippen LogP contribution is 2.27. The molecule has 2 aromatic rings. The Hall–Kier alpha value is -1.99. The molecule has 0 aliphatic rings. The molecule has 0 fully saturated rings. The molecule has 94 valence electrons. The van der Waals surface area contributed by atoms with E-state index in [0.717, 1.165) is 0 Å². The number of Topliss-reactive ketones (excluding diaryl/α,β-unsaturated/α-hetero) is 1. The van der Waals surface area contributed by atoms with Gasteiger partial charge < -0.3 is 0 Å². The quantitative estimate of drug-likeness (QED) is 0.800. The van der Waals surface area contributed by atoms with Crippen molar-refractivity contribution in [1.29, 1.82) is 5.26 Å². The Balaban J connectivity index is 2.38. The molecule has 0 spiro atoms. The molecular formula is C15H9BrFNO. The lowest BCUT2D eigenvalue weighted by molar-refractivity contribution is 0.0978. The van der Waals surface area contributed by atoms with E-state index in [4.69, 9.17) is 0 Å². The summed E-state index contributed by atoms with van der Waals surface area (Å²) in [5, 5.41) is 9.22. The third-order valence-electron chi connectivity index (χ3n) is 2.74. The van der Waals surface area contributed by atoms with Crippen LogP contribution < -0.4 is 0 Å². The fourth-order valence-corrected chi connectivity index (χ4v) is 2.27. The predicted octanol–water partition coefficient (Wildman–Crippen LogP) is 4.08. The van der Waals surface area contributed by atoms with Crippen molar-refractivity contribution in [3.8, 4) is 6.07 Å². The van der Waals surface area contributed by atoms with Crippen LogP contribution in [0.5, 0.6) is 0 Å². The summed E-state index contributed by atoms with van der Waals surface area (Å²) >= 11 is 3.33. The molecule has 0 aliphatic heterocycles. The van der Waals surface area contributed by atoms with Gasteiger partial charge in [0.05, 0.1) is 6.07 Å². The first-order valence-corrected chi connectivity index (χ1v) is 6.36. The summed E-state index contributed by atoms with van der Waals surface area (Å²) in [6.07, 6.45) is 0. The van der Waals surface area contributed by atoms with Crippen LogP contribution in [0.15, 0.2) is 53.0 Å². The summed E-state index contributed by atoms with van der Waals surface area (Å²) in [5.74, 6) is -1.65. The second-order valence-electron chi connectivity index (χ2n) is 3.95. The number of nitrogens with zero attached hydrogens (tertiary/aromatic N) is 1. The minimum Gasteiger partial charge on any atom is -0.292 e. The molecule has 2 rings (SSSR count). The van der Waals surface area contributed by atoms with Crippen LogP contribution in [-0.2, 0) is 0 Å². The zero-order valence-corrected chi connectivity index (χ0v) is 11.4. The molecule has 0 bridgehead atoms. The van der Waals surface area contributed by atoms with Crippen molar-refractivity contribution in [3.63, 3.8) is 0 Å². The van der Waals surface area contributed by atoms with Gasteiger partial charge in [0, 0.05) is 10.0 Å². The summed E-state index contributed by atoms with van der Waals surface area (Å²) in [4.78, 5) is 12.3. The largest absolute Gasteiger partial charge is 0.292 e. The number of benzene rings is 2. The summed E-state index contributed by atoms with van der Waals surface area (Å²) in [7, 11) is 0. The lowest BCUT2D eigenvalue weighted by Crippen LogP contribution is -2.11. The van der Waals surface area contributed by atoms with Crippen LogP contribution in [0.3, 0.4) is 0 Å². The number of carbonyl (C=O) groups excluding carboxylic acids is 1. The van der Waals surface area contributed by atoms with Crippen LogP contribution in [0.25, 0.3) is 0 Å². The minimum atomic E-state index is -0.902. The van der Waals surface area contributed by atoms with E-state index in [1.807, 2.05) is 12.1 Å². The van der Waals surface area contributed by atoms with Gasteiger partial charge in [0.1, 0.15) is 11.7 Å². The number of ketones is 1. The molecule has 0 radical (unpaired) electrons. The number of hydrogen-bond acceptors (Lipinski definition) is 2. The molecule has 4 heteroatoms. The lowest BCUT2D eigenvalue weighted by Gasteiger charge is -2.10. The van der Waals surface area contributed by atoms with Crippen molar-refractivity contribution in [2.45, 2.75) is 5.92 Å². The van der Waals surface area contributed by atoms with E-state index in [0.29, 0.717) is 15.6 Å². The van der Waals surface area contributed by atoms with Crippen molar-refractivity contribution < 1.29 is 9.18 Å². The monoisotopic (exact) mass is 317 g/mol. The predicted molar refractivity (Wildman–Crippen MR) is 73.2 cm³/mol. The highest BCUT2D eigenvalue weighted by Gasteiger charge is 2.23. The van der Waals surface area contributed by atoms with E-state index in [1.54, 1.807) is 18.2 Å². The topological polar surface area (TPSA) is 40.9 Å². The molecule has 0 amide bonds. The average Bonchev–Trinajstić information content (AvgIpc) is 2.42. The zero-order valence-electron chi connectivity index (χ0n) is 9.81. The third-order valence-corrected chi connectivity index (χ3v) is 3.46. The Kier molecular flexibility index (Phi) is 4.08. The highest BCUT2D eigenvalue weighted by atomic mass is 79.9. The van der Waals surface area contributed by atoms with E-state index in [9.17, 15) is 14.4 Å². The van der Waals surface area contributed by atoms with Gasteiger partial charge in [0.2, 0.25) is 0 Å². The third kappa shape index (κ3) is 2.88. The van der Waals surface area contributed by atoms with Crippen molar-refractivity contribution in [3.05, 3.63) is 69.9 Å². The number of rotatable bonds is 3. The zero-order chi connectivity index (χ0) is 13.8. The van der Waals surface area contributed by atoms with Crippen LogP contribution >= 0.6 is 15.9 Å². The molecule has 1 atom stereocenters. The Labute approximate surface area is 118 Å². The van der Waals surface area contributed by atoms with Gasteiger partial charge in [-0.05, 0) is 35.9 Å². The molecule has 19 heavy (non-hydrogen) atoms. The van der Waals surface area contributed by atoms with Gasteiger partial charge in [-0.2, -0.15) is 5.26 Å². The molecule has 0 N–H and O–H groups in total. The standard InChI is InChI=1S/C15H9BrFNO/c16-14-4-2-1-3-12(14)13(9-18)15(19)10-5-7-11(17)8-6-10/h1-8,13H. The van der Waals surface area contributed by atoms with Crippen LogP contribution in [0.4, 0.5) is 4.39 Å². The van der Waals surface area contributed by atoms with Gasteiger partial charge in [-0.25, -0.2) is 4.39 Å². The Morgan fingerprint density at radius 3 is 2.37 bits per heavy atom. The van der Waals surface area contributed by atoms with Gasteiger partial charge in [-0.15, -0.1) is 0 Å². The molecule has 1 unspecified atom stereocenters. The number of carbonyl (C=O) groups is 1. The lowest BCUT2D eigenvalue weighted by atomic mass is 9.92. The van der Waals surface area contributed by atoms with Gasteiger partial charge in [-0.1, -0.05) is 34.1 Å². The van der Waals surface area contributed by atoms with E-state index < -0.39 is 11.7 Å². The van der Waals surface area contributed by atoms with E-state index in [-0.39, 0.29) is 5.78 Å². The maximum atomic E-state index is 12.8.